The number of carbonyl (C=O) groups excluding carboxylic acids is 1. The number of anilines is 1. The quantitative estimate of drug-likeness (QED) is 0.351. The molecule has 0 saturated heterocycles. The number of non-ortho nitro benzene ring substituents is 1. The fraction of sp³-hybridized carbons (Fsp3) is 0.381. The highest BCUT2D eigenvalue weighted by atomic mass is 32.2. The van der Waals surface area contributed by atoms with Gasteiger partial charge in [0.25, 0.3) is 5.69 Å². The summed E-state index contributed by atoms with van der Waals surface area (Å²) in [4.78, 5) is 23.2. The molecule has 1 N–H and O–H groups in total. The van der Waals surface area contributed by atoms with Crippen molar-refractivity contribution in [3.05, 3.63) is 69.8 Å². The average Bonchev–Trinajstić information content (AvgIpc) is 2.69. The van der Waals surface area contributed by atoms with E-state index in [1.165, 1.54) is 23.8 Å². The summed E-state index contributed by atoms with van der Waals surface area (Å²) in [5.74, 6) is -0.432. The highest BCUT2D eigenvalue weighted by Crippen LogP contribution is 2.26. The molecule has 0 radical (unpaired) electrons. The normalized spacial score (nSPS) is 12.2. The first-order chi connectivity index (χ1) is 14.1. The summed E-state index contributed by atoms with van der Waals surface area (Å²) >= 11 is 0. The maximum Gasteiger partial charge on any atom is 0.271 e. The molecule has 0 aliphatic heterocycles. The lowest BCUT2D eigenvalue weighted by molar-refractivity contribution is -0.384. The molecule has 0 unspecified atom stereocenters. The number of nitrogens with one attached hydrogen (secondary N) is 1. The van der Waals surface area contributed by atoms with Crippen molar-refractivity contribution in [2.75, 3.05) is 17.1 Å². The first-order valence-electron chi connectivity index (χ1n) is 9.70. The van der Waals surface area contributed by atoms with E-state index in [-0.39, 0.29) is 17.8 Å². The van der Waals surface area contributed by atoms with Crippen molar-refractivity contribution in [3.8, 4) is 0 Å². The Kier molecular flexibility index (Phi) is 7.93. The number of hydrogen-bond donors (Lipinski definition) is 1. The summed E-state index contributed by atoms with van der Waals surface area (Å²) in [5, 5.41) is 13.9. The van der Waals surface area contributed by atoms with Crippen molar-refractivity contribution < 1.29 is 18.1 Å². The van der Waals surface area contributed by atoms with Gasteiger partial charge in [-0.3, -0.25) is 19.2 Å². The van der Waals surface area contributed by atoms with Crippen LogP contribution in [0.4, 0.5) is 11.4 Å². The lowest BCUT2D eigenvalue weighted by Crippen LogP contribution is -2.49. The number of rotatable bonds is 10. The summed E-state index contributed by atoms with van der Waals surface area (Å²) in [6.45, 7) is 4.12. The molecule has 1 amide bonds. The fourth-order valence-corrected chi connectivity index (χ4v) is 4.38. The number of benzene rings is 2. The van der Waals surface area contributed by atoms with E-state index in [1.807, 2.05) is 31.2 Å². The molecule has 2 rings (SSSR count). The van der Waals surface area contributed by atoms with Crippen molar-refractivity contribution >= 4 is 27.3 Å². The Bertz CT molecular complexity index is 990. The van der Waals surface area contributed by atoms with Gasteiger partial charge in [-0.1, -0.05) is 42.8 Å². The van der Waals surface area contributed by atoms with E-state index >= 15 is 0 Å². The molecule has 8 nitrogen and oxygen atoms in total. The van der Waals surface area contributed by atoms with Crippen LogP contribution in [0.25, 0.3) is 0 Å². The number of nitrogens with zero attached hydrogens (tertiary/aromatic N) is 2. The number of amides is 1. The first kappa shape index (κ1) is 23.3. The van der Waals surface area contributed by atoms with Crippen LogP contribution in [0.3, 0.4) is 0 Å². The van der Waals surface area contributed by atoms with Crippen LogP contribution in [0, 0.1) is 17.0 Å². The van der Waals surface area contributed by atoms with Crippen LogP contribution in [-0.2, 0) is 21.2 Å². The number of carbonyl (C=O) groups is 1. The Morgan fingerprint density at radius 1 is 1.20 bits per heavy atom. The zero-order chi connectivity index (χ0) is 22.3. The molecule has 0 heterocycles. The van der Waals surface area contributed by atoms with Gasteiger partial charge in [0.2, 0.25) is 15.9 Å². The molecule has 0 bridgehead atoms. The molecule has 0 aliphatic rings. The molecule has 9 heteroatoms. The van der Waals surface area contributed by atoms with Crippen LogP contribution >= 0.6 is 0 Å². The number of sulfonamides is 1. The Labute approximate surface area is 177 Å². The van der Waals surface area contributed by atoms with Crippen molar-refractivity contribution in [3.63, 3.8) is 0 Å². The summed E-state index contributed by atoms with van der Waals surface area (Å²) in [6, 6.07) is 12.4. The van der Waals surface area contributed by atoms with Crippen LogP contribution in [-0.4, -0.2) is 38.1 Å². The highest BCUT2D eigenvalue weighted by Gasteiger charge is 2.32. The lowest BCUT2D eigenvalue weighted by Gasteiger charge is -2.30. The number of nitro benzene ring substituents is 1. The Morgan fingerprint density at radius 2 is 1.87 bits per heavy atom. The standard InChI is InChI=1S/C21H27N3O5S/c1-4-20(21(25)22-14-6-7-17-12-10-16(2)11-13-17)23(30(3,28)29)18-8-5-9-19(15-18)24(26)27/h5,8-13,15,20H,4,6-7,14H2,1-3H3,(H,22,25)/t20-/m1/s1. The second-order valence-electron chi connectivity index (χ2n) is 7.14. The predicted octanol–water partition coefficient (Wildman–Crippen LogP) is 3.20. The molecular weight excluding hydrogens is 406 g/mol. The van der Waals surface area contributed by atoms with Crippen molar-refractivity contribution in [1.29, 1.82) is 0 Å². The summed E-state index contributed by atoms with van der Waals surface area (Å²) in [5.41, 5.74) is 2.19. The number of nitro groups is 1. The summed E-state index contributed by atoms with van der Waals surface area (Å²) in [7, 11) is -3.84. The van der Waals surface area contributed by atoms with Gasteiger partial charge in [-0.2, -0.15) is 0 Å². The van der Waals surface area contributed by atoms with E-state index in [4.69, 9.17) is 0 Å². The van der Waals surface area contributed by atoms with Gasteiger partial charge in [0.1, 0.15) is 6.04 Å². The van der Waals surface area contributed by atoms with E-state index in [9.17, 15) is 23.3 Å². The molecule has 1 atom stereocenters. The second-order valence-corrected chi connectivity index (χ2v) is 9.00. The summed E-state index contributed by atoms with van der Waals surface area (Å²) < 4.78 is 25.8. The predicted molar refractivity (Wildman–Crippen MR) is 117 cm³/mol. The van der Waals surface area contributed by atoms with Crippen molar-refractivity contribution in [1.82, 2.24) is 5.32 Å². The van der Waals surface area contributed by atoms with Gasteiger partial charge in [0.05, 0.1) is 16.9 Å². The monoisotopic (exact) mass is 433 g/mol. The molecule has 0 fully saturated rings. The van der Waals surface area contributed by atoms with Gasteiger partial charge in [0.15, 0.2) is 0 Å². The largest absolute Gasteiger partial charge is 0.354 e. The topological polar surface area (TPSA) is 110 Å². The third kappa shape index (κ3) is 6.28. The number of aryl methyl sites for hydroxylation is 2. The molecular formula is C21H27N3O5S. The van der Waals surface area contributed by atoms with E-state index in [0.29, 0.717) is 13.0 Å². The maximum absolute atomic E-state index is 12.8. The third-order valence-corrected chi connectivity index (χ3v) is 5.87. The van der Waals surface area contributed by atoms with Gasteiger partial charge in [-0.05, 0) is 37.8 Å². The van der Waals surface area contributed by atoms with Gasteiger partial charge in [-0.15, -0.1) is 0 Å². The second kappa shape index (κ2) is 10.2. The zero-order valence-corrected chi connectivity index (χ0v) is 18.2. The Balaban J connectivity index is 2.10. The minimum atomic E-state index is -3.84. The van der Waals surface area contributed by atoms with Crippen molar-refractivity contribution in [2.24, 2.45) is 0 Å². The first-order valence-corrected chi connectivity index (χ1v) is 11.6. The van der Waals surface area contributed by atoms with E-state index in [1.54, 1.807) is 6.92 Å². The minimum Gasteiger partial charge on any atom is -0.354 e. The highest BCUT2D eigenvalue weighted by molar-refractivity contribution is 7.92. The van der Waals surface area contributed by atoms with Gasteiger partial charge in [-0.25, -0.2) is 8.42 Å². The van der Waals surface area contributed by atoms with E-state index in [0.717, 1.165) is 28.6 Å². The molecule has 0 aliphatic carbocycles. The molecule has 0 saturated carbocycles. The molecule has 0 aromatic heterocycles. The summed E-state index contributed by atoms with van der Waals surface area (Å²) in [6.07, 6.45) is 2.71. The van der Waals surface area contributed by atoms with Crippen LogP contribution in [0.2, 0.25) is 0 Å². The fourth-order valence-electron chi connectivity index (χ4n) is 3.18. The van der Waals surface area contributed by atoms with Gasteiger partial charge in [0, 0.05) is 18.7 Å². The Hall–Kier alpha value is -2.94. The van der Waals surface area contributed by atoms with Crippen LogP contribution < -0.4 is 9.62 Å². The molecule has 2 aromatic carbocycles. The van der Waals surface area contributed by atoms with E-state index in [2.05, 4.69) is 5.32 Å². The van der Waals surface area contributed by atoms with Crippen LogP contribution in [0.1, 0.15) is 30.9 Å². The Morgan fingerprint density at radius 3 is 2.43 bits per heavy atom. The van der Waals surface area contributed by atoms with Crippen LogP contribution in [0.15, 0.2) is 48.5 Å². The zero-order valence-electron chi connectivity index (χ0n) is 17.4. The SMILES string of the molecule is CC[C@H](C(=O)NCCCc1ccc(C)cc1)N(c1cccc([N+](=O)[O-])c1)S(C)(=O)=O. The maximum atomic E-state index is 12.8. The average molecular weight is 434 g/mol. The van der Waals surface area contributed by atoms with Gasteiger partial charge >= 0.3 is 0 Å². The molecule has 162 valence electrons. The van der Waals surface area contributed by atoms with Crippen LogP contribution in [0.5, 0.6) is 0 Å². The van der Waals surface area contributed by atoms with Crippen molar-refractivity contribution in [2.45, 2.75) is 39.2 Å². The lowest BCUT2D eigenvalue weighted by atomic mass is 10.1. The molecule has 30 heavy (non-hydrogen) atoms. The third-order valence-electron chi connectivity index (χ3n) is 4.69. The minimum absolute atomic E-state index is 0.0911. The number of hydrogen-bond acceptors (Lipinski definition) is 5. The molecule has 0 spiro atoms. The van der Waals surface area contributed by atoms with Gasteiger partial charge < -0.3 is 5.32 Å². The van der Waals surface area contributed by atoms with E-state index < -0.39 is 26.9 Å². The molecule has 2 aromatic rings. The smallest absolute Gasteiger partial charge is 0.271 e.